The van der Waals surface area contributed by atoms with Crippen molar-refractivity contribution in [2.75, 3.05) is 0 Å². The second-order valence-electron chi connectivity index (χ2n) is 3.92. The predicted octanol–water partition coefficient (Wildman–Crippen LogP) is 2.01. The minimum absolute atomic E-state index is 0.264. The first-order chi connectivity index (χ1) is 7.27. The molecule has 0 saturated heterocycles. The van der Waals surface area contributed by atoms with Gasteiger partial charge in [0.25, 0.3) is 0 Å². The normalized spacial score (nSPS) is 17.1. The SMILES string of the molecule is O=C(O)c1ccoc1CNC1CCCC1. The van der Waals surface area contributed by atoms with Crippen LogP contribution in [0.3, 0.4) is 0 Å². The maximum Gasteiger partial charge on any atom is 0.339 e. The Balaban J connectivity index is 1.92. The summed E-state index contributed by atoms with van der Waals surface area (Å²) in [4.78, 5) is 10.8. The van der Waals surface area contributed by atoms with E-state index in [4.69, 9.17) is 9.52 Å². The fourth-order valence-electron chi connectivity index (χ4n) is 2.04. The molecule has 0 radical (unpaired) electrons. The van der Waals surface area contributed by atoms with Crippen LogP contribution >= 0.6 is 0 Å². The van der Waals surface area contributed by atoms with Crippen molar-refractivity contribution in [1.29, 1.82) is 0 Å². The Morgan fingerprint density at radius 1 is 1.53 bits per heavy atom. The highest BCUT2D eigenvalue weighted by molar-refractivity contribution is 5.88. The van der Waals surface area contributed by atoms with E-state index in [1.807, 2.05) is 0 Å². The maximum absolute atomic E-state index is 10.8. The van der Waals surface area contributed by atoms with Gasteiger partial charge in [-0.25, -0.2) is 4.79 Å². The molecule has 1 aliphatic rings. The number of carboxylic acids is 1. The molecule has 1 saturated carbocycles. The number of carbonyl (C=O) groups is 1. The lowest BCUT2D eigenvalue weighted by Gasteiger charge is -2.10. The van der Waals surface area contributed by atoms with Crippen LogP contribution in [0, 0.1) is 0 Å². The quantitative estimate of drug-likeness (QED) is 0.796. The number of hydrogen-bond acceptors (Lipinski definition) is 3. The average molecular weight is 209 g/mol. The molecule has 1 fully saturated rings. The third-order valence-corrected chi connectivity index (χ3v) is 2.88. The summed E-state index contributed by atoms with van der Waals surface area (Å²) in [5, 5.41) is 12.2. The van der Waals surface area contributed by atoms with E-state index in [2.05, 4.69) is 5.32 Å². The number of nitrogens with one attached hydrogen (secondary N) is 1. The Hall–Kier alpha value is -1.29. The lowest BCUT2D eigenvalue weighted by molar-refractivity contribution is 0.0694. The summed E-state index contributed by atoms with van der Waals surface area (Å²) in [5.41, 5.74) is 0.264. The van der Waals surface area contributed by atoms with Gasteiger partial charge in [0, 0.05) is 6.04 Å². The van der Waals surface area contributed by atoms with Gasteiger partial charge >= 0.3 is 5.97 Å². The molecular weight excluding hydrogens is 194 g/mol. The van der Waals surface area contributed by atoms with Crippen LogP contribution < -0.4 is 5.32 Å². The second-order valence-corrected chi connectivity index (χ2v) is 3.92. The zero-order chi connectivity index (χ0) is 10.7. The van der Waals surface area contributed by atoms with Gasteiger partial charge < -0.3 is 14.8 Å². The van der Waals surface area contributed by atoms with Gasteiger partial charge in [0.15, 0.2) is 0 Å². The molecule has 1 aromatic heterocycles. The standard InChI is InChI=1S/C11H15NO3/c13-11(14)9-5-6-15-10(9)7-12-8-3-1-2-4-8/h5-6,8,12H,1-4,7H2,(H,13,14). The van der Waals surface area contributed by atoms with Crippen LogP contribution in [-0.2, 0) is 6.54 Å². The lowest BCUT2D eigenvalue weighted by atomic mass is 10.2. The van der Waals surface area contributed by atoms with Crippen LogP contribution in [0.2, 0.25) is 0 Å². The van der Waals surface area contributed by atoms with Crippen molar-refractivity contribution in [3.05, 3.63) is 23.7 Å². The molecule has 0 atom stereocenters. The molecule has 1 aromatic rings. The summed E-state index contributed by atoms with van der Waals surface area (Å²) in [6, 6.07) is 2.02. The molecule has 0 unspecified atom stereocenters. The van der Waals surface area contributed by atoms with Gasteiger partial charge in [-0.2, -0.15) is 0 Å². The molecular formula is C11H15NO3. The number of hydrogen-bond donors (Lipinski definition) is 2. The smallest absolute Gasteiger partial charge is 0.339 e. The van der Waals surface area contributed by atoms with Crippen LogP contribution in [0.1, 0.15) is 41.8 Å². The van der Waals surface area contributed by atoms with Gasteiger partial charge in [-0.1, -0.05) is 12.8 Å². The first-order valence-corrected chi connectivity index (χ1v) is 5.30. The maximum atomic E-state index is 10.8. The third-order valence-electron chi connectivity index (χ3n) is 2.88. The first-order valence-electron chi connectivity index (χ1n) is 5.30. The molecule has 4 nitrogen and oxygen atoms in total. The summed E-state index contributed by atoms with van der Waals surface area (Å²) < 4.78 is 5.14. The van der Waals surface area contributed by atoms with Gasteiger partial charge in [-0.3, -0.25) is 0 Å². The molecule has 0 spiro atoms. The zero-order valence-corrected chi connectivity index (χ0v) is 8.53. The van der Waals surface area contributed by atoms with E-state index >= 15 is 0 Å². The summed E-state index contributed by atoms with van der Waals surface area (Å²) in [5.74, 6) is -0.402. The molecule has 1 heterocycles. The minimum atomic E-state index is -0.924. The first kappa shape index (κ1) is 10.2. The topological polar surface area (TPSA) is 62.5 Å². The van der Waals surface area contributed by atoms with Gasteiger partial charge in [0.2, 0.25) is 0 Å². The van der Waals surface area contributed by atoms with Gasteiger partial charge in [-0.15, -0.1) is 0 Å². The Labute approximate surface area is 88.3 Å². The highest BCUT2D eigenvalue weighted by Crippen LogP contribution is 2.19. The van der Waals surface area contributed by atoms with Gasteiger partial charge in [-0.05, 0) is 18.9 Å². The van der Waals surface area contributed by atoms with Crippen molar-refractivity contribution in [3.63, 3.8) is 0 Å². The number of carboxylic acid groups (broad SMARTS) is 1. The highest BCUT2D eigenvalue weighted by atomic mass is 16.4. The van der Waals surface area contributed by atoms with Crippen molar-refractivity contribution < 1.29 is 14.3 Å². The molecule has 2 N–H and O–H groups in total. The average Bonchev–Trinajstić information content (AvgIpc) is 2.86. The largest absolute Gasteiger partial charge is 0.478 e. The fourth-order valence-corrected chi connectivity index (χ4v) is 2.04. The molecule has 4 heteroatoms. The summed E-state index contributed by atoms with van der Waals surface area (Å²) in [6.45, 7) is 0.513. The Kier molecular flexibility index (Phi) is 3.06. The minimum Gasteiger partial charge on any atom is -0.478 e. The summed E-state index contributed by atoms with van der Waals surface area (Å²) in [7, 11) is 0. The van der Waals surface area contributed by atoms with E-state index in [-0.39, 0.29) is 5.56 Å². The summed E-state index contributed by atoms with van der Waals surface area (Å²) >= 11 is 0. The van der Waals surface area contributed by atoms with E-state index < -0.39 is 5.97 Å². The number of furan rings is 1. The van der Waals surface area contributed by atoms with E-state index in [1.165, 1.54) is 38.0 Å². The van der Waals surface area contributed by atoms with Crippen molar-refractivity contribution in [3.8, 4) is 0 Å². The number of aromatic carboxylic acids is 1. The van der Waals surface area contributed by atoms with Gasteiger partial charge in [0.05, 0.1) is 12.8 Å². The van der Waals surface area contributed by atoms with Crippen molar-refractivity contribution in [2.24, 2.45) is 0 Å². The predicted molar refractivity (Wildman–Crippen MR) is 54.8 cm³/mol. The van der Waals surface area contributed by atoms with Crippen molar-refractivity contribution in [2.45, 2.75) is 38.3 Å². The molecule has 15 heavy (non-hydrogen) atoms. The van der Waals surface area contributed by atoms with Crippen LogP contribution in [0.25, 0.3) is 0 Å². The second kappa shape index (κ2) is 4.49. The fraction of sp³-hybridized carbons (Fsp3) is 0.545. The lowest BCUT2D eigenvalue weighted by Crippen LogP contribution is -2.25. The Morgan fingerprint density at radius 3 is 2.93 bits per heavy atom. The van der Waals surface area contributed by atoms with E-state index in [0.717, 1.165) is 0 Å². The Morgan fingerprint density at radius 2 is 2.27 bits per heavy atom. The van der Waals surface area contributed by atoms with Crippen molar-refractivity contribution in [1.82, 2.24) is 5.32 Å². The summed E-state index contributed by atoms with van der Waals surface area (Å²) in [6.07, 6.45) is 6.32. The van der Waals surface area contributed by atoms with E-state index in [1.54, 1.807) is 0 Å². The highest BCUT2D eigenvalue weighted by Gasteiger charge is 2.17. The van der Waals surface area contributed by atoms with Crippen LogP contribution in [0.5, 0.6) is 0 Å². The van der Waals surface area contributed by atoms with Crippen LogP contribution in [0.15, 0.2) is 16.7 Å². The van der Waals surface area contributed by atoms with Gasteiger partial charge in [0.1, 0.15) is 11.3 Å². The van der Waals surface area contributed by atoms with E-state index in [9.17, 15) is 4.79 Å². The number of rotatable bonds is 4. The monoisotopic (exact) mass is 209 g/mol. The molecule has 82 valence electrons. The molecule has 0 aromatic carbocycles. The van der Waals surface area contributed by atoms with Crippen molar-refractivity contribution >= 4 is 5.97 Å². The van der Waals surface area contributed by atoms with E-state index in [0.29, 0.717) is 18.3 Å². The molecule has 0 aliphatic heterocycles. The molecule has 1 aliphatic carbocycles. The van der Waals surface area contributed by atoms with Crippen LogP contribution in [0.4, 0.5) is 0 Å². The molecule has 0 bridgehead atoms. The molecule has 0 amide bonds. The Bertz CT molecular complexity index is 339. The van der Waals surface area contributed by atoms with Crippen LogP contribution in [-0.4, -0.2) is 17.1 Å². The third kappa shape index (κ3) is 2.39. The zero-order valence-electron chi connectivity index (χ0n) is 8.53. The molecule has 2 rings (SSSR count).